The molecule has 0 amide bonds. The molecule has 242 valence electrons. The van der Waals surface area contributed by atoms with Gasteiger partial charge in [0.1, 0.15) is 6.10 Å². The van der Waals surface area contributed by atoms with Crippen LogP contribution in [0.4, 0.5) is 0 Å². The van der Waals surface area contributed by atoms with E-state index in [-0.39, 0.29) is 57.3 Å². The van der Waals surface area contributed by atoms with Crippen molar-refractivity contribution in [3.05, 3.63) is 35.9 Å². The minimum Gasteiger partial charge on any atom is -0.458 e. The first-order valence-corrected chi connectivity index (χ1v) is 17.1. The minimum absolute atomic E-state index is 0.0599. The number of hydrogen-bond donors (Lipinski definition) is 2. The van der Waals surface area contributed by atoms with Gasteiger partial charge in [-0.25, -0.2) is 4.79 Å². The van der Waals surface area contributed by atoms with Gasteiger partial charge in [-0.2, -0.15) is 0 Å². The molecule has 0 aliphatic heterocycles. The summed E-state index contributed by atoms with van der Waals surface area (Å²) in [5.74, 6) is 0.711. The molecular formula is C38H60O5. The Kier molecular flexibility index (Phi) is 8.52. The zero-order chi connectivity index (χ0) is 31.6. The van der Waals surface area contributed by atoms with Crippen molar-refractivity contribution in [2.24, 2.45) is 45.3 Å². The summed E-state index contributed by atoms with van der Waals surface area (Å²) < 4.78 is 12.3. The highest BCUT2D eigenvalue weighted by atomic mass is 16.5. The summed E-state index contributed by atoms with van der Waals surface area (Å²) in [6.45, 7) is 18.3. The quantitative estimate of drug-likeness (QED) is 0.296. The van der Waals surface area contributed by atoms with Gasteiger partial charge in [-0.1, -0.05) is 52.8 Å². The molecule has 0 heterocycles. The van der Waals surface area contributed by atoms with Gasteiger partial charge in [-0.3, -0.25) is 0 Å². The van der Waals surface area contributed by atoms with Crippen LogP contribution in [0.3, 0.4) is 0 Å². The Morgan fingerprint density at radius 3 is 2.21 bits per heavy atom. The topological polar surface area (TPSA) is 76.0 Å². The van der Waals surface area contributed by atoms with Gasteiger partial charge in [0.05, 0.1) is 22.9 Å². The lowest BCUT2D eigenvalue weighted by Gasteiger charge is -2.70. The molecule has 5 heteroatoms. The van der Waals surface area contributed by atoms with Crippen LogP contribution in [0.25, 0.3) is 0 Å². The molecule has 4 aliphatic carbocycles. The molecule has 10 atom stereocenters. The largest absolute Gasteiger partial charge is 0.458 e. The lowest BCUT2D eigenvalue weighted by atomic mass is 9.35. The zero-order valence-corrected chi connectivity index (χ0v) is 28.5. The van der Waals surface area contributed by atoms with E-state index in [1.165, 1.54) is 0 Å². The number of carbonyl (C=O) groups is 1. The van der Waals surface area contributed by atoms with Crippen molar-refractivity contribution >= 4 is 5.97 Å². The molecule has 5 nitrogen and oxygen atoms in total. The molecular weight excluding hydrogens is 536 g/mol. The fourth-order valence-electron chi connectivity index (χ4n) is 11.5. The van der Waals surface area contributed by atoms with E-state index in [2.05, 4.69) is 48.5 Å². The molecule has 0 bridgehead atoms. The third-order valence-corrected chi connectivity index (χ3v) is 14.4. The zero-order valence-electron chi connectivity index (χ0n) is 28.5. The fraction of sp³-hybridized carbons (Fsp3) is 0.816. The van der Waals surface area contributed by atoms with Crippen LogP contribution in [0.2, 0.25) is 0 Å². The standard InChI is InChI=1S/C38H60O5/c1-33(2,42-9)19-13-20-38(8,41)26-16-22-37(7)31(26)27(43-32(40)25-14-11-10-12-15-25)24-29-35(5)21-18-30(39)34(3,4)28(35)17-23-36(29,37)6/h10-12,14-15,26-31,39,41H,13,16-24H2,1-9H3/t26-,27+,28-,29+,30-,31-,35-,36+,37+,38+/m0/s1. The molecule has 0 aromatic heterocycles. The highest BCUT2D eigenvalue weighted by Crippen LogP contribution is 2.76. The van der Waals surface area contributed by atoms with Crippen LogP contribution >= 0.6 is 0 Å². The molecule has 1 aromatic carbocycles. The maximum absolute atomic E-state index is 13.7. The molecule has 0 spiro atoms. The van der Waals surface area contributed by atoms with E-state index >= 15 is 0 Å². The summed E-state index contributed by atoms with van der Waals surface area (Å²) in [6, 6.07) is 9.41. The number of carbonyl (C=O) groups excluding carboxylic acids is 1. The molecule has 1 aromatic rings. The molecule has 0 radical (unpaired) electrons. The third-order valence-electron chi connectivity index (χ3n) is 14.4. The maximum Gasteiger partial charge on any atom is 0.338 e. The van der Waals surface area contributed by atoms with Crippen molar-refractivity contribution in [1.29, 1.82) is 0 Å². The van der Waals surface area contributed by atoms with E-state index in [0.717, 1.165) is 57.8 Å². The molecule has 4 fully saturated rings. The second-order valence-electron chi connectivity index (χ2n) is 17.3. The Balaban J connectivity index is 1.52. The van der Waals surface area contributed by atoms with Crippen molar-refractivity contribution < 1.29 is 24.5 Å². The van der Waals surface area contributed by atoms with Gasteiger partial charge in [0, 0.05) is 13.0 Å². The lowest BCUT2D eigenvalue weighted by molar-refractivity contribution is -0.246. The second-order valence-corrected chi connectivity index (χ2v) is 17.3. The fourth-order valence-corrected chi connectivity index (χ4v) is 11.5. The summed E-state index contributed by atoms with van der Waals surface area (Å²) in [6.07, 6.45) is 8.87. The van der Waals surface area contributed by atoms with E-state index in [1.807, 2.05) is 37.3 Å². The van der Waals surface area contributed by atoms with E-state index in [0.29, 0.717) is 23.8 Å². The van der Waals surface area contributed by atoms with Gasteiger partial charge in [-0.05, 0) is 137 Å². The van der Waals surface area contributed by atoms with Gasteiger partial charge in [0.2, 0.25) is 0 Å². The van der Waals surface area contributed by atoms with E-state index < -0.39 is 5.60 Å². The van der Waals surface area contributed by atoms with Gasteiger partial charge in [-0.15, -0.1) is 0 Å². The van der Waals surface area contributed by atoms with E-state index in [1.54, 1.807) is 7.11 Å². The summed E-state index contributed by atoms with van der Waals surface area (Å²) in [5.41, 5.74) is -0.547. The lowest BCUT2D eigenvalue weighted by Crippen LogP contribution is -2.67. The van der Waals surface area contributed by atoms with Crippen LogP contribution in [-0.4, -0.2) is 46.7 Å². The van der Waals surface area contributed by atoms with Crippen molar-refractivity contribution in [3.63, 3.8) is 0 Å². The number of benzene rings is 1. The van der Waals surface area contributed by atoms with Crippen LogP contribution in [0, 0.1) is 45.3 Å². The Morgan fingerprint density at radius 2 is 1.56 bits per heavy atom. The van der Waals surface area contributed by atoms with Gasteiger partial charge in [0.25, 0.3) is 0 Å². The van der Waals surface area contributed by atoms with Crippen LogP contribution in [0.15, 0.2) is 30.3 Å². The first-order valence-electron chi connectivity index (χ1n) is 17.1. The Hall–Kier alpha value is -1.43. The predicted molar refractivity (Wildman–Crippen MR) is 172 cm³/mol. The normalized spacial score (nSPS) is 41.8. The molecule has 5 rings (SSSR count). The number of aliphatic hydroxyl groups is 2. The van der Waals surface area contributed by atoms with Gasteiger partial charge < -0.3 is 19.7 Å². The number of methoxy groups -OCH3 is 1. The monoisotopic (exact) mass is 596 g/mol. The average molecular weight is 597 g/mol. The first-order chi connectivity index (χ1) is 19.9. The summed E-state index contributed by atoms with van der Waals surface area (Å²) in [7, 11) is 1.76. The Labute approximate surface area is 261 Å². The average Bonchev–Trinajstić information content (AvgIpc) is 3.33. The van der Waals surface area contributed by atoms with Gasteiger partial charge in [0.15, 0.2) is 0 Å². The van der Waals surface area contributed by atoms with Crippen LogP contribution < -0.4 is 0 Å². The Morgan fingerprint density at radius 1 is 0.907 bits per heavy atom. The van der Waals surface area contributed by atoms with Crippen molar-refractivity contribution in [2.75, 3.05) is 7.11 Å². The first kappa shape index (κ1) is 32.9. The van der Waals surface area contributed by atoms with Crippen molar-refractivity contribution in [3.8, 4) is 0 Å². The summed E-state index contributed by atoms with van der Waals surface area (Å²) in [4.78, 5) is 13.7. The summed E-state index contributed by atoms with van der Waals surface area (Å²) >= 11 is 0. The highest BCUT2D eigenvalue weighted by Gasteiger charge is 2.72. The Bertz CT molecular complexity index is 1160. The third kappa shape index (κ3) is 5.31. The number of esters is 1. The molecule has 43 heavy (non-hydrogen) atoms. The number of aliphatic hydroxyl groups excluding tert-OH is 1. The van der Waals surface area contributed by atoms with E-state index in [4.69, 9.17) is 9.47 Å². The SMILES string of the molecule is COC(C)(C)CCC[C@@](C)(O)[C@H]1CC[C@]2(C)[C@@H]1[C@H](OC(=O)c1ccccc1)C[C@@H]1[C@@]3(C)CC[C@H](O)C(C)(C)[C@@H]3CC[C@]12C. The highest BCUT2D eigenvalue weighted by molar-refractivity contribution is 5.89. The minimum atomic E-state index is -0.856. The number of fused-ring (bicyclic) bond motifs is 5. The van der Waals surface area contributed by atoms with Crippen LogP contribution in [0.1, 0.15) is 130 Å². The number of ether oxygens (including phenoxy) is 2. The molecule has 2 N–H and O–H groups in total. The van der Waals surface area contributed by atoms with Crippen LogP contribution in [-0.2, 0) is 9.47 Å². The van der Waals surface area contributed by atoms with Gasteiger partial charge >= 0.3 is 5.97 Å². The number of hydrogen-bond acceptors (Lipinski definition) is 5. The van der Waals surface area contributed by atoms with Crippen molar-refractivity contribution in [2.45, 2.75) is 143 Å². The predicted octanol–water partition coefficient (Wildman–Crippen LogP) is 8.21. The maximum atomic E-state index is 13.7. The molecule has 0 unspecified atom stereocenters. The summed E-state index contributed by atoms with van der Waals surface area (Å²) in [5, 5.41) is 23.3. The second kappa shape index (κ2) is 11.1. The molecule has 0 saturated heterocycles. The van der Waals surface area contributed by atoms with E-state index in [9.17, 15) is 15.0 Å². The van der Waals surface area contributed by atoms with Crippen molar-refractivity contribution in [1.82, 2.24) is 0 Å². The van der Waals surface area contributed by atoms with Crippen LogP contribution in [0.5, 0.6) is 0 Å². The smallest absolute Gasteiger partial charge is 0.338 e. The molecule has 4 saturated carbocycles. The molecule has 4 aliphatic rings. The number of rotatable bonds is 8.